The first-order chi connectivity index (χ1) is 18.4. The Labute approximate surface area is 228 Å². The second-order valence-corrected chi connectivity index (χ2v) is 10.9. The summed E-state index contributed by atoms with van der Waals surface area (Å²) >= 11 is 2.72. The van der Waals surface area contributed by atoms with E-state index in [9.17, 15) is 14.0 Å². The highest BCUT2D eigenvalue weighted by molar-refractivity contribution is 7.99. The predicted octanol–water partition coefficient (Wildman–Crippen LogP) is 5.35. The first-order valence-corrected chi connectivity index (χ1v) is 14.3. The molecule has 198 valence electrons. The number of ketones is 1. The molecule has 0 radical (unpaired) electrons. The lowest BCUT2D eigenvalue weighted by atomic mass is 10.1. The van der Waals surface area contributed by atoms with Crippen LogP contribution in [0.25, 0.3) is 15.9 Å². The minimum atomic E-state index is -0.598. The summed E-state index contributed by atoms with van der Waals surface area (Å²) in [7, 11) is 1.37. The Bertz CT molecular complexity index is 1550. The predicted molar refractivity (Wildman–Crippen MR) is 149 cm³/mol. The zero-order valence-corrected chi connectivity index (χ0v) is 23.1. The number of halogens is 1. The third kappa shape index (κ3) is 5.08. The molecule has 0 aliphatic carbocycles. The molecule has 0 saturated heterocycles. The fourth-order valence-corrected chi connectivity index (χ4v) is 6.79. The van der Waals surface area contributed by atoms with E-state index in [-0.39, 0.29) is 28.4 Å². The Balaban J connectivity index is 1.55. The fourth-order valence-electron chi connectivity index (χ4n) is 4.58. The number of nitrogens with zero attached hydrogens (tertiary/aromatic N) is 3. The number of carbonyl (C=O) groups is 1. The van der Waals surface area contributed by atoms with Gasteiger partial charge in [0.2, 0.25) is 0 Å². The minimum Gasteiger partial charge on any atom is -0.494 e. The molecule has 1 aliphatic rings. The number of carbonyl (C=O) groups excluding carboxylic acids is 1. The van der Waals surface area contributed by atoms with E-state index in [0.29, 0.717) is 33.4 Å². The SMILES string of the molecule is CCOc1ccc(-n2c(SCC(=O)c3ccc(OC)c(F)c3)nc3sc4c(c3c2=O)CCN(CC)C4)cc1. The average molecular weight is 554 g/mol. The molecule has 0 N–H and O–H groups in total. The van der Waals surface area contributed by atoms with Crippen molar-refractivity contribution in [2.24, 2.45) is 0 Å². The summed E-state index contributed by atoms with van der Waals surface area (Å²) in [5.41, 5.74) is 1.81. The van der Waals surface area contributed by atoms with Gasteiger partial charge in [0.1, 0.15) is 10.6 Å². The van der Waals surface area contributed by atoms with E-state index < -0.39 is 5.82 Å². The Morgan fingerprint density at radius 2 is 1.97 bits per heavy atom. The van der Waals surface area contributed by atoms with Crippen LogP contribution in [0.3, 0.4) is 0 Å². The number of aromatic nitrogens is 2. The van der Waals surface area contributed by atoms with Gasteiger partial charge in [-0.15, -0.1) is 11.3 Å². The summed E-state index contributed by atoms with van der Waals surface area (Å²) in [6.45, 7) is 7.25. The molecule has 0 bridgehead atoms. The van der Waals surface area contributed by atoms with E-state index in [1.165, 1.54) is 41.9 Å². The second kappa shape index (κ2) is 11.3. The maximum absolute atomic E-state index is 14.2. The van der Waals surface area contributed by atoms with Crippen LogP contribution in [-0.4, -0.2) is 52.8 Å². The van der Waals surface area contributed by atoms with Gasteiger partial charge >= 0.3 is 0 Å². The Morgan fingerprint density at radius 1 is 1.18 bits per heavy atom. The van der Waals surface area contributed by atoms with Gasteiger partial charge in [0.05, 0.1) is 30.5 Å². The summed E-state index contributed by atoms with van der Waals surface area (Å²) in [6, 6.07) is 11.4. The maximum atomic E-state index is 14.2. The molecule has 10 heteroatoms. The van der Waals surface area contributed by atoms with E-state index in [2.05, 4.69) is 11.8 Å². The number of thiophene rings is 1. The molecule has 3 heterocycles. The van der Waals surface area contributed by atoms with Crippen LogP contribution in [0.1, 0.15) is 34.6 Å². The monoisotopic (exact) mass is 553 g/mol. The standard InChI is InChI=1S/C28H28FN3O4S2/c1-4-31-13-12-20-24(15-31)38-26-25(20)27(34)32(18-7-9-19(10-8-18)36-5-2)28(30-26)37-16-22(33)17-6-11-23(35-3)21(29)14-17/h6-11,14H,4-5,12-13,15-16H2,1-3H3. The summed E-state index contributed by atoms with van der Waals surface area (Å²) < 4.78 is 26.3. The highest BCUT2D eigenvalue weighted by Crippen LogP contribution is 2.34. The second-order valence-electron chi connectivity index (χ2n) is 8.83. The fraction of sp³-hybridized carbons (Fsp3) is 0.321. The number of methoxy groups -OCH3 is 1. The number of hydrogen-bond acceptors (Lipinski definition) is 8. The number of Topliss-reactive ketones (excluding diaryl/α,β-unsaturated/α-hetero) is 1. The lowest BCUT2D eigenvalue weighted by Crippen LogP contribution is -2.30. The van der Waals surface area contributed by atoms with Gasteiger partial charge in [-0.2, -0.15) is 0 Å². The summed E-state index contributed by atoms with van der Waals surface area (Å²) in [5.74, 6) is -0.0893. The molecule has 0 amide bonds. The van der Waals surface area contributed by atoms with Crippen molar-refractivity contribution < 1.29 is 18.7 Å². The quantitative estimate of drug-likeness (QED) is 0.157. The Morgan fingerprint density at radius 3 is 2.66 bits per heavy atom. The van der Waals surface area contributed by atoms with Crippen LogP contribution in [0.4, 0.5) is 4.39 Å². The molecule has 2 aromatic carbocycles. The molecule has 1 aliphatic heterocycles. The molecule has 2 aromatic heterocycles. The zero-order valence-electron chi connectivity index (χ0n) is 21.5. The number of hydrogen-bond donors (Lipinski definition) is 0. The molecular formula is C28H28FN3O4S2. The Kier molecular flexibility index (Phi) is 7.83. The zero-order chi connectivity index (χ0) is 26.8. The summed E-state index contributed by atoms with van der Waals surface area (Å²) in [5, 5.41) is 1.07. The molecule has 0 atom stereocenters. The van der Waals surface area contributed by atoms with Crippen molar-refractivity contribution in [1.29, 1.82) is 0 Å². The van der Waals surface area contributed by atoms with Gasteiger partial charge in [0, 0.05) is 23.5 Å². The van der Waals surface area contributed by atoms with Crippen LogP contribution >= 0.6 is 23.1 Å². The maximum Gasteiger partial charge on any atom is 0.267 e. The van der Waals surface area contributed by atoms with Crippen molar-refractivity contribution in [3.8, 4) is 17.2 Å². The highest BCUT2D eigenvalue weighted by atomic mass is 32.2. The van der Waals surface area contributed by atoms with Gasteiger partial charge in [-0.1, -0.05) is 18.7 Å². The topological polar surface area (TPSA) is 73.7 Å². The van der Waals surface area contributed by atoms with Gasteiger partial charge in [-0.3, -0.25) is 19.1 Å². The van der Waals surface area contributed by atoms with Crippen LogP contribution in [0.2, 0.25) is 0 Å². The number of rotatable bonds is 9. The first kappa shape index (κ1) is 26.4. The van der Waals surface area contributed by atoms with Crippen LogP contribution in [0.5, 0.6) is 11.5 Å². The molecular weight excluding hydrogens is 525 g/mol. The number of benzene rings is 2. The number of thioether (sulfide) groups is 1. The molecule has 0 spiro atoms. The van der Waals surface area contributed by atoms with Crippen LogP contribution < -0.4 is 15.0 Å². The van der Waals surface area contributed by atoms with Gasteiger partial charge < -0.3 is 9.47 Å². The smallest absolute Gasteiger partial charge is 0.267 e. The van der Waals surface area contributed by atoms with Crippen LogP contribution in [0, 0.1) is 5.82 Å². The van der Waals surface area contributed by atoms with Crippen molar-refractivity contribution in [2.75, 3.05) is 32.6 Å². The van der Waals surface area contributed by atoms with Crippen LogP contribution in [-0.2, 0) is 13.0 Å². The van der Waals surface area contributed by atoms with E-state index in [4.69, 9.17) is 14.5 Å². The number of ether oxygens (including phenoxy) is 2. The number of fused-ring (bicyclic) bond motifs is 3. The molecule has 5 rings (SSSR count). The van der Waals surface area contributed by atoms with Gasteiger partial charge in [-0.25, -0.2) is 9.37 Å². The number of likely N-dealkylation sites (N-methyl/N-ethyl adjacent to an activating group) is 1. The molecule has 4 aromatic rings. The molecule has 0 unspecified atom stereocenters. The van der Waals surface area contributed by atoms with Gasteiger partial charge in [0.15, 0.2) is 22.5 Å². The summed E-state index contributed by atoms with van der Waals surface area (Å²) in [4.78, 5) is 36.0. The van der Waals surface area contributed by atoms with Crippen molar-refractivity contribution >= 4 is 39.1 Å². The lowest BCUT2D eigenvalue weighted by Gasteiger charge is -2.25. The normalized spacial score (nSPS) is 13.5. The minimum absolute atomic E-state index is 0.00452. The average Bonchev–Trinajstić information content (AvgIpc) is 3.30. The van der Waals surface area contributed by atoms with E-state index in [1.807, 2.05) is 31.2 Å². The summed E-state index contributed by atoms with van der Waals surface area (Å²) in [6.07, 6.45) is 0.803. The van der Waals surface area contributed by atoms with Crippen molar-refractivity contribution in [2.45, 2.75) is 32.0 Å². The van der Waals surface area contributed by atoms with Crippen molar-refractivity contribution in [1.82, 2.24) is 14.5 Å². The molecule has 7 nitrogen and oxygen atoms in total. The van der Waals surface area contributed by atoms with E-state index >= 15 is 0 Å². The largest absolute Gasteiger partial charge is 0.494 e. The van der Waals surface area contributed by atoms with Crippen LogP contribution in [0.15, 0.2) is 52.4 Å². The lowest BCUT2D eigenvalue weighted by molar-refractivity contribution is 0.102. The van der Waals surface area contributed by atoms with E-state index in [0.717, 1.165) is 31.6 Å². The van der Waals surface area contributed by atoms with Gasteiger partial charge in [0.25, 0.3) is 5.56 Å². The third-order valence-electron chi connectivity index (χ3n) is 6.58. The molecule has 0 saturated carbocycles. The van der Waals surface area contributed by atoms with Crippen molar-refractivity contribution in [3.05, 3.63) is 74.6 Å². The first-order valence-electron chi connectivity index (χ1n) is 12.5. The van der Waals surface area contributed by atoms with Gasteiger partial charge in [-0.05, 0) is 67.9 Å². The molecule has 0 fully saturated rings. The molecule has 38 heavy (non-hydrogen) atoms. The van der Waals surface area contributed by atoms with Crippen molar-refractivity contribution in [3.63, 3.8) is 0 Å². The highest BCUT2D eigenvalue weighted by Gasteiger charge is 2.25. The van der Waals surface area contributed by atoms with E-state index in [1.54, 1.807) is 15.9 Å². The Hall–Kier alpha value is -3.21. The third-order valence-corrected chi connectivity index (χ3v) is 8.63.